The Labute approximate surface area is 167 Å². The number of H-pyrrole nitrogens is 1. The van der Waals surface area contributed by atoms with Crippen molar-refractivity contribution in [1.82, 2.24) is 9.55 Å². The second-order valence-corrected chi connectivity index (χ2v) is 7.50. The van der Waals surface area contributed by atoms with Crippen LogP contribution in [0.1, 0.15) is 23.8 Å². The lowest BCUT2D eigenvalue weighted by molar-refractivity contribution is -0.126. The molecular weight excluding hydrogens is 490 g/mol. The maximum absolute atomic E-state index is 12.1. The predicted molar refractivity (Wildman–Crippen MR) is 102 cm³/mol. The minimum absolute atomic E-state index is 0.0313. The predicted octanol–water partition coefficient (Wildman–Crippen LogP) is 0.813. The highest BCUT2D eigenvalue weighted by Gasteiger charge is 2.41. The van der Waals surface area contributed by atoms with Crippen LogP contribution in [0.15, 0.2) is 40.1 Å². The molecule has 0 spiro atoms. The number of hydrogen-bond donors (Lipinski definition) is 3. The highest BCUT2D eigenvalue weighted by molar-refractivity contribution is 14.1. The fourth-order valence-corrected chi connectivity index (χ4v) is 3.17. The van der Waals surface area contributed by atoms with Crippen molar-refractivity contribution in [3.63, 3.8) is 0 Å². The molecule has 0 amide bonds. The van der Waals surface area contributed by atoms with Gasteiger partial charge in [0.2, 0.25) is 6.29 Å². The Balaban J connectivity index is 1.89. The van der Waals surface area contributed by atoms with Crippen LogP contribution in [0.5, 0.6) is 0 Å². The van der Waals surface area contributed by atoms with E-state index >= 15 is 0 Å². The maximum atomic E-state index is 12.1. The van der Waals surface area contributed by atoms with E-state index in [0.29, 0.717) is 5.56 Å². The monoisotopic (exact) mass is 503 g/mol. The summed E-state index contributed by atoms with van der Waals surface area (Å²) in [6, 6.07) is 7.34. The van der Waals surface area contributed by atoms with Crippen LogP contribution in [0.3, 0.4) is 0 Å². The Morgan fingerprint density at radius 3 is 2.67 bits per heavy atom. The van der Waals surface area contributed by atoms with Gasteiger partial charge in [0.25, 0.3) is 5.56 Å². The van der Waals surface area contributed by atoms with Crippen molar-refractivity contribution in [2.24, 2.45) is 0 Å². The summed E-state index contributed by atoms with van der Waals surface area (Å²) in [6.07, 6.45) is -2.39. The fraction of sp³-hybridized carbons (Fsp3) is 0.250. The molecule has 1 aromatic carbocycles. The van der Waals surface area contributed by atoms with Gasteiger partial charge in [-0.15, -0.1) is 4.89 Å². The number of aromatic nitrogens is 2. The minimum Gasteiger partial charge on any atom is -0.387 e. The average molecular weight is 503 g/mol. The van der Waals surface area contributed by atoms with Crippen molar-refractivity contribution < 1.29 is 23.8 Å². The Kier molecular flexibility index (Phi) is 6.21. The maximum Gasteiger partial charge on any atom is 0.697 e. The molecule has 0 aliphatic carbocycles. The lowest BCUT2D eigenvalue weighted by Gasteiger charge is -2.12. The lowest BCUT2D eigenvalue weighted by Crippen LogP contribution is -2.33. The molecule has 3 N–H and O–H groups in total. The molecule has 140 valence electrons. The second-order valence-electron chi connectivity index (χ2n) is 5.57. The summed E-state index contributed by atoms with van der Waals surface area (Å²) >= 11 is 2.16. The van der Waals surface area contributed by atoms with E-state index in [9.17, 15) is 19.3 Å². The van der Waals surface area contributed by atoms with E-state index in [0.717, 1.165) is 8.14 Å². The van der Waals surface area contributed by atoms with Crippen LogP contribution in [0.2, 0.25) is 0 Å². The number of benzene rings is 1. The van der Waals surface area contributed by atoms with E-state index in [1.54, 1.807) is 12.1 Å². The SMILES string of the molecule is O=c1[nH]c(=O)n([C@H]2C[C@@H](O)[C@@H](O[P+](=O)O)O2)cc1C#Cc1ccc(I)cc1. The Hall–Kier alpha value is -1.87. The Morgan fingerprint density at radius 2 is 2.00 bits per heavy atom. The number of nitrogens with one attached hydrogen (secondary N) is 1. The van der Waals surface area contributed by atoms with Crippen LogP contribution >= 0.6 is 30.8 Å². The summed E-state index contributed by atoms with van der Waals surface area (Å²) in [5.74, 6) is 5.54. The van der Waals surface area contributed by atoms with Crippen LogP contribution in [0, 0.1) is 15.4 Å². The lowest BCUT2D eigenvalue weighted by atomic mass is 10.2. The van der Waals surface area contributed by atoms with Crippen LogP contribution in [-0.2, 0) is 13.8 Å². The molecule has 1 fully saturated rings. The standard InChI is InChI=1S/C16H12IN2O7P/c17-11-5-2-9(3-6-11)1-4-10-8-19(16(22)18-14(10)21)13-7-12(20)15(25-13)26-27(23)24/h2-3,5-6,8,12-13,15,20H,7H2,(H-,18,21,22,23,24)/p+1/t12-,13-,15-/m1/s1. The van der Waals surface area contributed by atoms with Gasteiger partial charge in [0.1, 0.15) is 17.9 Å². The summed E-state index contributed by atoms with van der Waals surface area (Å²) in [5, 5.41) is 9.85. The first-order chi connectivity index (χ1) is 12.8. The van der Waals surface area contributed by atoms with Gasteiger partial charge in [0, 0.05) is 26.3 Å². The van der Waals surface area contributed by atoms with E-state index in [-0.39, 0.29) is 12.0 Å². The molecule has 1 saturated heterocycles. The van der Waals surface area contributed by atoms with Crippen molar-refractivity contribution in [2.75, 3.05) is 0 Å². The molecule has 2 aromatic rings. The second kappa shape index (κ2) is 8.43. The van der Waals surface area contributed by atoms with E-state index in [1.165, 1.54) is 6.20 Å². The normalized spacial score (nSPS) is 22.2. The highest BCUT2D eigenvalue weighted by atomic mass is 127. The Morgan fingerprint density at radius 1 is 1.30 bits per heavy atom. The fourth-order valence-electron chi connectivity index (χ4n) is 2.44. The van der Waals surface area contributed by atoms with Crippen molar-refractivity contribution in [3.05, 3.63) is 66.0 Å². The summed E-state index contributed by atoms with van der Waals surface area (Å²) in [4.78, 5) is 35.0. The first-order valence-electron chi connectivity index (χ1n) is 7.63. The minimum atomic E-state index is -2.98. The molecule has 0 radical (unpaired) electrons. The Bertz CT molecular complexity index is 1040. The van der Waals surface area contributed by atoms with Gasteiger partial charge in [-0.05, 0) is 46.9 Å². The number of hydrogen-bond acceptors (Lipinski definition) is 6. The third-order valence-corrected chi connectivity index (χ3v) is 4.81. The zero-order valence-electron chi connectivity index (χ0n) is 13.5. The molecule has 3 rings (SSSR count). The molecule has 27 heavy (non-hydrogen) atoms. The van der Waals surface area contributed by atoms with Crippen molar-refractivity contribution in [2.45, 2.75) is 25.0 Å². The zero-order valence-corrected chi connectivity index (χ0v) is 16.6. The van der Waals surface area contributed by atoms with Crippen LogP contribution < -0.4 is 11.2 Å². The largest absolute Gasteiger partial charge is 0.697 e. The number of ether oxygens (including phenoxy) is 1. The number of aromatic amines is 1. The van der Waals surface area contributed by atoms with Crippen LogP contribution in [0.25, 0.3) is 0 Å². The number of halogens is 1. The highest BCUT2D eigenvalue weighted by Crippen LogP contribution is 2.33. The van der Waals surface area contributed by atoms with Crippen LogP contribution in [0.4, 0.5) is 0 Å². The molecule has 1 unspecified atom stereocenters. The molecular formula is C16H13IN2O7P+. The van der Waals surface area contributed by atoms with Gasteiger partial charge in [-0.1, -0.05) is 16.4 Å². The van der Waals surface area contributed by atoms with Gasteiger partial charge in [-0.3, -0.25) is 14.3 Å². The quantitative estimate of drug-likeness (QED) is 0.321. The van der Waals surface area contributed by atoms with Gasteiger partial charge in [0.15, 0.2) is 0 Å². The topological polar surface area (TPSA) is 131 Å². The molecule has 0 saturated carbocycles. The van der Waals surface area contributed by atoms with Crippen molar-refractivity contribution in [1.29, 1.82) is 0 Å². The summed E-state index contributed by atoms with van der Waals surface area (Å²) in [7, 11) is -2.98. The smallest absolute Gasteiger partial charge is 0.387 e. The molecule has 11 heteroatoms. The van der Waals surface area contributed by atoms with Gasteiger partial charge >= 0.3 is 13.9 Å². The van der Waals surface area contributed by atoms with Crippen LogP contribution in [-0.4, -0.2) is 31.9 Å². The first-order valence-corrected chi connectivity index (χ1v) is 9.84. The molecule has 1 aromatic heterocycles. The molecule has 1 aliphatic rings. The summed E-state index contributed by atoms with van der Waals surface area (Å²) < 4.78 is 22.7. The molecule has 0 bridgehead atoms. The third kappa shape index (κ3) is 4.90. The summed E-state index contributed by atoms with van der Waals surface area (Å²) in [6.45, 7) is 0. The number of aliphatic hydroxyl groups is 1. The molecule has 1 aliphatic heterocycles. The van der Waals surface area contributed by atoms with Gasteiger partial charge < -0.3 is 9.84 Å². The molecule has 2 heterocycles. The number of aliphatic hydroxyl groups excluding tert-OH is 1. The van der Waals surface area contributed by atoms with E-state index in [2.05, 4.69) is 43.9 Å². The first kappa shape index (κ1) is 19.9. The third-order valence-electron chi connectivity index (χ3n) is 3.71. The van der Waals surface area contributed by atoms with Gasteiger partial charge in [0.05, 0.1) is 0 Å². The van der Waals surface area contributed by atoms with Crippen molar-refractivity contribution in [3.8, 4) is 11.8 Å². The van der Waals surface area contributed by atoms with Crippen molar-refractivity contribution >= 4 is 30.8 Å². The van der Waals surface area contributed by atoms with E-state index < -0.39 is 38.1 Å². The zero-order chi connectivity index (χ0) is 19.6. The van der Waals surface area contributed by atoms with E-state index in [1.807, 2.05) is 12.1 Å². The molecule has 4 atom stereocenters. The number of rotatable bonds is 3. The summed E-state index contributed by atoms with van der Waals surface area (Å²) in [5.41, 5.74) is -0.686. The van der Waals surface area contributed by atoms with Gasteiger partial charge in [-0.2, -0.15) is 0 Å². The van der Waals surface area contributed by atoms with E-state index in [4.69, 9.17) is 9.63 Å². The van der Waals surface area contributed by atoms with Gasteiger partial charge in [-0.25, -0.2) is 4.79 Å². The number of nitrogens with zero attached hydrogens (tertiary/aromatic N) is 1. The average Bonchev–Trinajstić information content (AvgIpc) is 2.95. The molecule has 9 nitrogen and oxygen atoms in total.